The zero-order valence-electron chi connectivity index (χ0n) is 15.4. The number of terminal acetylenes is 1. The van der Waals surface area contributed by atoms with Crippen LogP contribution in [0.1, 0.15) is 47.9 Å². The lowest BCUT2D eigenvalue weighted by molar-refractivity contribution is 0.865. The molecule has 0 radical (unpaired) electrons. The number of hydrogen-bond donors (Lipinski definition) is 0. The lowest BCUT2D eigenvalue weighted by Gasteiger charge is -2.14. The maximum absolute atomic E-state index is 5.91. The lowest BCUT2D eigenvalue weighted by atomic mass is 9.90. The molecule has 26 heavy (non-hydrogen) atoms. The first-order valence-electron chi connectivity index (χ1n) is 9.07. The molecular weight excluding hydrogens is 312 g/mol. The van der Waals surface area contributed by atoms with Gasteiger partial charge in [0, 0.05) is 0 Å². The number of benzene rings is 3. The summed E-state index contributed by atoms with van der Waals surface area (Å²) in [5, 5.41) is 0. The van der Waals surface area contributed by atoms with Gasteiger partial charge in [0.15, 0.2) is 0 Å². The molecule has 0 aliphatic carbocycles. The minimum atomic E-state index is -0.0633. The van der Waals surface area contributed by atoms with Crippen molar-refractivity contribution in [2.75, 3.05) is 0 Å². The normalized spacial score (nSPS) is 11.6. The van der Waals surface area contributed by atoms with Crippen LogP contribution in [0.3, 0.4) is 0 Å². The fraction of sp³-hybridized carbons (Fsp3) is 0.154. The second kappa shape index (κ2) is 8.37. The van der Waals surface area contributed by atoms with Crippen LogP contribution >= 0.6 is 0 Å². The summed E-state index contributed by atoms with van der Waals surface area (Å²) in [7, 11) is 0. The first-order chi connectivity index (χ1) is 12.7. The first kappa shape index (κ1) is 17.8. The molecule has 0 aromatic heterocycles. The molecule has 0 amide bonds. The summed E-state index contributed by atoms with van der Waals surface area (Å²) in [4.78, 5) is 0. The highest BCUT2D eigenvalue weighted by atomic mass is 14.1. The van der Waals surface area contributed by atoms with E-state index in [9.17, 15) is 0 Å². The highest BCUT2D eigenvalue weighted by Crippen LogP contribution is 2.29. The molecule has 3 aromatic rings. The maximum Gasteiger partial charge on any atom is 0.0639 e. The Bertz CT molecular complexity index is 850. The van der Waals surface area contributed by atoms with Gasteiger partial charge in [-0.05, 0) is 33.7 Å². The van der Waals surface area contributed by atoms with Crippen molar-refractivity contribution < 1.29 is 0 Å². The number of allylic oxidation sites excluding steroid dienone is 1. The zero-order chi connectivity index (χ0) is 18.4. The van der Waals surface area contributed by atoms with E-state index < -0.39 is 0 Å². The Morgan fingerprint density at radius 3 is 1.62 bits per heavy atom. The van der Waals surface area contributed by atoms with Crippen molar-refractivity contribution in [2.24, 2.45) is 0 Å². The molecule has 1 unspecified atom stereocenters. The fourth-order valence-corrected chi connectivity index (χ4v) is 3.09. The van der Waals surface area contributed by atoms with Gasteiger partial charge in [0.05, 0.1) is 5.92 Å². The van der Waals surface area contributed by atoms with Crippen molar-refractivity contribution in [3.63, 3.8) is 0 Å². The Balaban J connectivity index is 2.04. The van der Waals surface area contributed by atoms with Crippen LogP contribution in [0.5, 0.6) is 0 Å². The van der Waals surface area contributed by atoms with E-state index in [4.69, 9.17) is 6.42 Å². The predicted octanol–water partition coefficient (Wildman–Crippen LogP) is 6.66. The Hall–Kier alpha value is -3.04. The van der Waals surface area contributed by atoms with E-state index in [-0.39, 0.29) is 5.92 Å². The van der Waals surface area contributed by atoms with Crippen LogP contribution in [0.25, 0.3) is 5.57 Å². The molecule has 0 saturated heterocycles. The quantitative estimate of drug-likeness (QED) is 0.457. The zero-order valence-corrected chi connectivity index (χ0v) is 15.4. The summed E-state index contributed by atoms with van der Waals surface area (Å²) in [6, 6.07) is 29.5. The van der Waals surface area contributed by atoms with E-state index >= 15 is 0 Å². The van der Waals surface area contributed by atoms with Crippen molar-refractivity contribution in [3.8, 4) is 12.3 Å². The van der Waals surface area contributed by atoms with Crippen molar-refractivity contribution in [2.45, 2.75) is 25.7 Å². The first-order valence-corrected chi connectivity index (χ1v) is 9.07. The molecule has 0 heterocycles. The van der Waals surface area contributed by atoms with Gasteiger partial charge in [0.1, 0.15) is 0 Å². The molecule has 0 saturated carbocycles. The third-order valence-corrected chi connectivity index (χ3v) is 4.64. The third kappa shape index (κ3) is 4.13. The van der Waals surface area contributed by atoms with Crippen molar-refractivity contribution in [1.29, 1.82) is 0 Å². The average molecular weight is 336 g/mol. The van der Waals surface area contributed by atoms with Gasteiger partial charge in [-0.15, -0.1) is 6.42 Å². The van der Waals surface area contributed by atoms with E-state index in [1.807, 2.05) is 12.1 Å². The molecule has 3 aromatic carbocycles. The molecule has 0 aliphatic rings. The van der Waals surface area contributed by atoms with E-state index in [1.165, 1.54) is 22.3 Å². The van der Waals surface area contributed by atoms with Crippen LogP contribution in [-0.2, 0) is 0 Å². The molecule has 0 fully saturated rings. The van der Waals surface area contributed by atoms with Crippen LogP contribution in [-0.4, -0.2) is 0 Å². The van der Waals surface area contributed by atoms with Crippen molar-refractivity contribution >= 4 is 5.57 Å². The van der Waals surface area contributed by atoms with Gasteiger partial charge in [0.25, 0.3) is 0 Å². The molecule has 128 valence electrons. The van der Waals surface area contributed by atoms with Gasteiger partial charge >= 0.3 is 0 Å². The highest BCUT2D eigenvalue weighted by molar-refractivity contribution is 5.80. The molecule has 0 spiro atoms. The number of rotatable bonds is 5. The van der Waals surface area contributed by atoms with Crippen molar-refractivity contribution in [1.82, 2.24) is 0 Å². The van der Waals surface area contributed by atoms with Gasteiger partial charge in [-0.2, -0.15) is 0 Å². The average Bonchev–Trinajstić information content (AvgIpc) is 2.70. The summed E-state index contributed by atoms with van der Waals surface area (Å²) in [5.41, 5.74) is 6.01. The minimum Gasteiger partial charge on any atom is -0.119 e. The van der Waals surface area contributed by atoms with Gasteiger partial charge < -0.3 is 0 Å². The molecule has 1 atom stereocenters. The Morgan fingerprint density at radius 2 is 1.19 bits per heavy atom. The summed E-state index contributed by atoms with van der Waals surface area (Å²) in [6.07, 6.45) is 8.12. The standard InChI is InChI=1S/C26H24/c1-4-21(23-17-15-22(16-18-23)20(2)3)19-26(24-11-7-5-8-12-24)25-13-9-6-10-14-25/h1,5-21H,2-3H3. The maximum atomic E-state index is 5.91. The molecule has 0 nitrogen and oxygen atoms in total. The molecule has 0 N–H and O–H groups in total. The molecular formula is C26H24. The Labute approximate surface area is 157 Å². The van der Waals surface area contributed by atoms with Crippen molar-refractivity contribution in [3.05, 3.63) is 113 Å². The largest absolute Gasteiger partial charge is 0.119 e. The van der Waals surface area contributed by atoms with E-state index in [2.05, 4.69) is 98.6 Å². The summed E-state index contributed by atoms with van der Waals surface area (Å²) < 4.78 is 0. The van der Waals surface area contributed by atoms with E-state index in [0.29, 0.717) is 5.92 Å². The van der Waals surface area contributed by atoms with Gasteiger partial charge in [-0.25, -0.2) is 0 Å². The summed E-state index contributed by atoms with van der Waals surface area (Å²) in [6.45, 7) is 4.41. The minimum absolute atomic E-state index is 0.0633. The van der Waals surface area contributed by atoms with Crippen LogP contribution in [0.4, 0.5) is 0 Å². The summed E-state index contributed by atoms with van der Waals surface area (Å²) >= 11 is 0. The monoisotopic (exact) mass is 336 g/mol. The smallest absolute Gasteiger partial charge is 0.0639 e. The lowest BCUT2D eigenvalue weighted by Crippen LogP contribution is -1.97. The molecule has 3 rings (SSSR count). The van der Waals surface area contributed by atoms with Crippen LogP contribution in [0.15, 0.2) is 91.0 Å². The third-order valence-electron chi connectivity index (χ3n) is 4.64. The predicted molar refractivity (Wildman–Crippen MR) is 112 cm³/mol. The Kier molecular flexibility index (Phi) is 5.72. The molecule has 0 heteroatoms. The van der Waals surface area contributed by atoms with Gasteiger partial charge in [-0.3, -0.25) is 0 Å². The van der Waals surface area contributed by atoms with Crippen LogP contribution < -0.4 is 0 Å². The number of hydrogen-bond acceptors (Lipinski definition) is 0. The molecule has 0 bridgehead atoms. The summed E-state index contributed by atoms with van der Waals surface area (Å²) in [5.74, 6) is 3.42. The SMILES string of the molecule is C#CC(C=C(c1ccccc1)c1ccccc1)c1ccc(C(C)C)cc1. The van der Waals surface area contributed by atoms with Gasteiger partial charge in [0.2, 0.25) is 0 Å². The Morgan fingerprint density at radius 1 is 0.731 bits per heavy atom. The highest BCUT2D eigenvalue weighted by Gasteiger charge is 2.11. The van der Waals surface area contributed by atoms with E-state index in [0.717, 1.165) is 5.56 Å². The van der Waals surface area contributed by atoms with Gasteiger partial charge in [-0.1, -0.05) is 111 Å². The van der Waals surface area contributed by atoms with Crippen LogP contribution in [0.2, 0.25) is 0 Å². The van der Waals surface area contributed by atoms with Crippen LogP contribution in [0, 0.1) is 12.3 Å². The second-order valence-corrected chi connectivity index (χ2v) is 6.78. The van der Waals surface area contributed by atoms with E-state index in [1.54, 1.807) is 0 Å². The topological polar surface area (TPSA) is 0 Å². The molecule has 0 aliphatic heterocycles. The fourth-order valence-electron chi connectivity index (χ4n) is 3.09. The second-order valence-electron chi connectivity index (χ2n) is 6.78.